The second-order valence-corrected chi connectivity index (χ2v) is 6.61. The van der Waals surface area contributed by atoms with Crippen LogP contribution in [0.15, 0.2) is 47.1 Å². The number of carbonyl (C=O) groups excluding carboxylic acids is 1. The van der Waals surface area contributed by atoms with E-state index in [9.17, 15) is 9.18 Å². The van der Waals surface area contributed by atoms with Gasteiger partial charge in [0.1, 0.15) is 5.82 Å². The Hall–Kier alpha value is -2.41. The van der Waals surface area contributed by atoms with Gasteiger partial charge in [-0.05, 0) is 52.2 Å². The van der Waals surface area contributed by atoms with Gasteiger partial charge in [0.05, 0.1) is 11.2 Å². The van der Waals surface area contributed by atoms with Gasteiger partial charge in [-0.1, -0.05) is 12.1 Å². The maximum Gasteiger partial charge on any atom is 0.292 e. The van der Waals surface area contributed by atoms with Crippen LogP contribution in [0.5, 0.6) is 0 Å². The number of rotatable bonds is 1. The van der Waals surface area contributed by atoms with Gasteiger partial charge < -0.3 is 0 Å². The van der Waals surface area contributed by atoms with E-state index in [1.54, 1.807) is 34.9 Å². The number of hydrazine groups is 1. The van der Waals surface area contributed by atoms with E-state index in [1.165, 1.54) is 11.1 Å². The fourth-order valence-electron chi connectivity index (χ4n) is 3.06. The van der Waals surface area contributed by atoms with Crippen molar-refractivity contribution in [2.75, 3.05) is 18.6 Å². The first kappa shape index (κ1) is 15.1. The van der Waals surface area contributed by atoms with Crippen molar-refractivity contribution in [3.63, 3.8) is 0 Å². The molecule has 2 aromatic heterocycles. The number of hydrogen-bond donors (Lipinski definition) is 0. The Balaban J connectivity index is 1.70. The summed E-state index contributed by atoms with van der Waals surface area (Å²) in [4.78, 5) is 12.9. The van der Waals surface area contributed by atoms with Gasteiger partial charge >= 0.3 is 0 Å². The number of anilines is 1. The number of halogens is 2. The Morgan fingerprint density at radius 1 is 1.29 bits per heavy atom. The molecule has 0 unspecified atom stereocenters. The van der Waals surface area contributed by atoms with E-state index in [-0.39, 0.29) is 11.7 Å². The summed E-state index contributed by atoms with van der Waals surface area (Å²) in [5.74, 6) is -0.572. The van der Waals surface area contributed by atoms with Crippen LogP contribution < -0.4 is 5.01 Å². The van der Waals surface area contributed by atoms with Crippen LogP contribution >= 0.6 is 15.9 Å². The molecule has 1 amide bonds. The average molecular weight is 389 g/mol. The smallest absolute Gasteiger partial charge is 0.283 e. The minimum Gasteiger partial charge on any atom is -0.283 e. The van der Waals surface area contributed by atoms with Gasteiger partial charge in [-0.2, -0.15) is 5.10 Å². The molecule has 0 bridgehead atoms. The summed E-state index contributed by atoms with van der Waals surface area (Å²) in [6.07, 6.45) is 2.41. The van der Waals surface area contributed by atoms with Crippen LogP contribution in [0.1, 0.15) is 16.1 Å². The SMILES string of the molecule is CN1c2c(F)cccc2CCN1C(=O)c1cc2ccc(Br)cn2n1. The molecule has 1 aliphatic heterocycles. The number of nitrogens with zero attached hydrogens (tertiary/aromatic N) is 4. The molecule has 0 fully saturated rings. The predicted molar refractivity (Wildman–Crippen MR) is 92.4 cm³/mol. The molecule has 1 aliphatic rings. The maximum atomic E-state index is 14.2. The van der Waals surface area contributed by atoms with Crippen molar-refractivity contribution >= 4 is 33.0 Å². The predicted octanol–water partition coefficient (Wildman–Crippen LogP) is 3.29. The molecule has 122 valence electrons. The summed E-state index contributed by atoms with van der Waals surface area (Å²) in [6.45, 7) is 0.489. The number of carbonyl (C=O) groups is 1. The molecule has 5 nitrogen and oxygen atoms in total. The molecule has 0 spiro atoms. The quantitative estimate of drug-likeness (QED) is 0.642. The van der Waals surface area contributed by atoms with Gasteiger partial charge in [0, 0.05) is 24.3 Å². The molecule has 0 aliphatic carbocycles. The molecule has 0 N–H and O–H groups in total. The second kappa shape index (κ2) is 5.59. The van der Waals surface area contributed by atoms with E-state index in [4.69, 9.17) is 0 Å². The van der Waals surface area contributed by atoms with Crippen LogP contribution in [-0.4, -0.2) is 34.1 Å². The van der Waals surface area contributed by atoms with Gasteiger partial charge in [-0.3, -0.25) is 9.80 Å². The van der Waals surface area contributed by atoms with E-state index in [0.717, 1.165) is 15.6 Å². The van der Waals surface area contributed by atoms with Crippen LogP contribution in [0.2, 0.25) is 0 Å². The molecule has 7 heteroatoms. The van der Waals surface area contributed by atoms with Crippen LogP contribution in [-0.2, 0) is 6.42 Å². The molecule has 0 radical (unpaired) electrons. The highest BCUT2D eigenvalue weighted by molar-refractivity contribution is 9.10. The molecule has 0 atom stereocenters. The first-order chi connectivity index (χ1) is 11.5. The first-order valence-electron chi connectivity index (χ1n) is 7.52. The van der Waals surface area contributed by atoms with Crippen molar-refractivity contribution in [2.24, 2.45) is 0 Å². The van der Waals surface area contributed by atoms with Crippen molar-refractivity contribution in [3.05, 3.63) is 64.1 Å². The lowest BCUT2D eigenvalue weighted by molar-refractivity contribution is 0.0731. The zero-order valence-corrected chi connectivity index (χ0v) is 14.5. The fourth-order valence-corrected chi connectivity index (χ4v) is 3.38. The van der Waals surface area contributed by atoms with Crippen LogP contribution in [0, 0.1) is 5.82 Å². The molecule has 1 aromatic carbocycles. The summed E-state index contributed by atoms with van der Waals surface area (Å²) in [6, 6.07) is 10.5. The van der Waals surface area contributed by atoms with E-state index < -0.39 is 0 Å². The molecule has 0 saturated carbocycles. The van der Waals surface area contributed by atoms with E-state index in [1.807, 2.05) is 18.2 Å². The third-order valence-corrected chi connectivity index (χ3v) is 4.70. The third-order valence-electron chi connectivity index (χ3n) is 4.23. The van der Waals surface area contributed by atoms with Gasteiger partial charge in [0.15, 0.2) is 5.69 Å². The summed E-state index contributed by atoms with van der Waals surface area (Å²) in [5, 5.41) is 7.45. The number of fused-ring (bicyclic) bond motifs is 2. The number of aromatic nitrogens is 2. The fraction of sp³-hybridized carbons (Fsp3) is 0.176. The van der Waals surface area contributed by atoms with E-state index >= 15 is 0 Å². The monoisotopic (exact) mass is 388 g/mol. The molecule has 0 saturated heterocycles. The summed E-state index contributed by atoms with van der Waals surface area (Å²) < 4.78 is 16.7. The van der Waals surface area contributed by atoms with Gasteiger partial charge in [0.2, 0.25) is 0 Å². The highest BCUT2D eigenvalue weighted by Gasteiger charge is 2.29. The first-order valence-corrected chi connectivity index (χ1v) is 8.32. The van der Waals surface area contributed by atoms with Crippen molar-refractivity contribution in [1.82, 2.24) is 14.6 Å². The Morgan fingerprint density at radius 3 is 2.96 bits per heavy atom. The van der Waals surface area contributed by atoms with Gasteiger partial charge in [-0.15, -0.1) is 0 Å². The lowest BCUT2D eigenvalue weighted by Crippen LogP contribution is -2.49. The summed E-state index contributed by atoms with van der Waals surface area (Å²) >= 11 is 3.38. The van der Waals surface area contributed by atoms with E-state index in [0.29, 0.717) is 24.3 Å². The number of para-hydroxylation sites is 1. The Morgan fingerprint density at radius 2 is 2.12 bits per heavy atom. The minimum atomic E-state index is -0.327. The van der Waals surface area contributed by atoms with Crippen LogP contribution in [0.3, 0.4) is 0 Å². The lowest BCUT2D eigenvalue weighted by atomic mass is 10.1. The van der Waals surface area contributed by atoms with Gasteiger partial charge in [-0.25, -0.2) is 13.9 Å². The molecular weight excluding hydrogens is 375 g/mol. The van der Waals surface area contributed by atoms with Gasteiger partial charge in [0.25, 0.3) is 5.91 Å². The van der Waals surface area contributed by atoms with Crippen molar-refractivity contribution in [3.8, 4) is 0 Å². The highest BCUT2D eigenvalue weighted by Crippen LogP contribution is 2.30. The van der Waals surface area contributed by atoms with Crippen LogP contribution in [0.25, 0.3) is 5.52 Å². The molecule has 4 rings (SSSR count). The Kier molecular flexibility index (Phi) is 3.53. The van der Waals surface area contributed by atoms with Crippen molar-refractivity contribution in [1.29, 1.82) is 0 Å². The Bertz CT molecular complexity index is 955. The molecular formula is C17H14BrFN4O. The largest absolute Gasteiger partial charge is 0.292 e. The van der Waals surface area contributed by atoms with Crippen molar-refractivity contribution in [2.45, 2.75) is 6.42 Å². The molecule has 24 heavy (non-hydrogen) atoms. The minimum absolute atomic E-state index is 0.244. The summed E-state index contributed by atoms with van der Waals surface area (Å²) in [7, 11) is 1.70. The lowest BCUT2D eigenvalue weighted by Gasteiger charge is -2.38. The maximum absolute atomic E-state index is 14.2. The molecule has 3 heterocycles. The average Bonchev–Trinajstić information content (AvgIpc) is 2.97. The zero-order valence-electron chi connectivity index (χ0n) is 12.9. The number of hydrogen-bond acceptors (Lipinski definition) is 3. The number of pyridine rings is 1. The number of benzene rings is 1. The zero-order chi connectivity index (χ0) is 16.8. The standard InChI is InChI=1S/C17H14BrFN4O/c1-21-16-11(3-2-4-14(16)19)7-8-23(21)17(24)15-9-13-6-5-12(18)10-22(13)20-15/h2-6,9-10H,7-8H2,1H3. The highest BCUT2D eigenvalue weighted by atomic mass is 79.9. The Labute approximate surface area is 146 Å². The second-order valence-electron chi connectivity index (χ2n) is 5.70. The topological polar surface area (TPSA) is 40.9 Å². The normalized spacial score (nSPS) is 14.1. The molecule has 3 aromatic rings. The third kappa shape index (κ3) is 2.36. The van der Waals surface area contributed by atoms with Crippen molar-refractivity contribution < 1.29 is 9.18 Å². The van der Waals surface area contributed by atoms with E-state index in [2.05, 4.69) is 21.0 Å². The van der Waals surface area contributed by atoms with Crippen LogP contribution in [0.4, 0.5) is 10.1 Å². The summed E-state index contributed by atoms with van der Waals surface area (Å²) in [5.41, 5.74) is 2.51. The number of amides is 1.